The van der Waals surface area contributed by atoms with Gasteiger partial charge in [0.15, 0.2) is 0 Å². The van der Waals surface area contributed by atoms with E-state index in [1.165, 1.54) is 15.2 Å². The second-order valence-corrected chi connectivity index (χ2v) is 16.0. The summed E-state index contributed by atoms with van der Waals surface area (Å²) in [4.78, 5) is 49.5. The Morgan fingerprint density at radius 3 is 2.05 bits per heavy atom. The van der Waals surface area contributed by atoms with Crippen molar-refractivity contribution in [2.45, 2.75) is 38.3 Å². The number of aromatic nitrogens is 2. The molecule has 1 fully saturated rings. The number of carbonyl (C=O) groups excluding carboxylic acids is 3. The first-order valence-corrected chi connectivity index (χ1v) is 21.6. The van der Waals surface area contributed by atoms with Gasteiger partial charge < -0.3 is 38.2 Å². The summed E-state index contributed by atoms with van der Waals surface area (Å²) in [5.74, 6) is 0.620. The molecule has 0 radical (unpaired) electrons. The average molecular weight is 852 g/mol. The van der Waals surface area contributed by atoms with Crippen LogP contribution in [0.25, 0.3) is 31.9 Å². The molecule has 1 atom stereocenters. The van der Waals surface area contributed by atoms with Crippen LogP contribution in [0.3, 0.4) is 0 Å². The maximum Gasteiger partial charge on any atom is 0.255 e. The van der Waals surface area contributed by atoms with Gasteiger partial charge in [-0.05, 0) is 78.4 Å². The zero-order valence-electron chi connectivity index (χ0n) is 34.8. The fourth-order valence-electron chi connectivity index (χ4n) is 7.09. The zero-order valence-corrected chi connectivity index (χ0v) is 35.6. The summed E-state index contributed by atoms with van der Waals surface area (Å²) in [6.07, 6.45) is 4.33. The van der Waals surface area contributed by atoms with Crippen molar-refractivity contribution >= 4 is 45.1 Å². The molecule has 5 aromatic rings. The molecule has 61 heavy (non-hydrogen) atoms. The summed E-state index contributed by atoms with van der Waals surface area (Å²) in [6.45, 7) is 5.55. The van der Waals surface area contributed by atoms with Gasteiger partial charge in [-0.15, -0.1) is 11.3 Å². The van der Waals surface area contributed by atoms with Gasteiger partial charge in [-0.2, -0.15) is 0 Å². The number of aryl methyl sites for hydroxylation is 1. The molecule has 0 bridgehead atoms. The van der Waals surface area contributed by atoms with Crippen molar-refractivity contribution in [3.8, 4) is 27.4 Å². The van der Waals surface area contributed by atoms with Gasteiger partial charge in [-0.25, -0.2) is 9.97 Å². The van der Waals surface area contributed by atoms with E-state index in [2.05, 4.69) is 58.8 Å². The second-order valence-electron chi connectivity index (χ2n) is 14.9. The topological polar surface area (TPSA) is 151 Å². The highest BCUT2D eigenvalue weighted by Crippen LogP contribution is 2.33. The number of nitrogens with zero attached hydrogens (tertiary/aromatic N) is 4. The summed E-state index contributed by atoms with van der Waals surface area (Å²) in [5, 5.41) is 3.33. The van der Waals surface area contributed by atoms with Crippen LogP contribution in [0.2, 0.25) is 0 Å². The van der Waals surface area contributed by atoms with E-state index in [1.807, 2.05) is 37.3 Å². The largest absolute Gasteiger partial charge is 0.491 e. The molecule has 322 valence electrons. The van der Waals surface area contributed by atoms with Gasteiger partial charge >= 0.3 is 0 Å². The third kappa shape index (κ3) is 12.2. The Balaban J connectivity index is 0.660. The number of piperidine rings is 1. The second kappa shape index (κ2) is 22.0. The van der Waals surface area contributed by atoms with E-state index in [0.717, 1.165) is 51.4 Å². The molecule has 1 N–H and O–H groups in total. The number of imide groups is 1. The van der Waals surface area contributed by atoms with Gasteiger partial charge in [-0.3, -0.25) is 19.7 Å². The van der Waals surface area contributed by atoms with Crippen LogP contribution in [-0.2, 0) is 46.2 Å². The molecule has 1 saturated heterocycles. The standard InChI is InChI=1S/C46H53N5O9S/c1-50(2)42-15-10-35(30-47-42)33-6-8-34(9-7-33)45-48-39-13-5-32(28-41(39)61-45)4-3-17-55-18-19-56-20-21-57-22-23-58-24-25-59-26-27-60-37-11-12-38-36(29-37)31-51(46(38)54)40-14-16-43(52)49-44(40)53/h5-13,15,28-30,40H,3-4,14,16-27,31H2,1-2H3,(H,49,52,53). The van der Waals surface area contributed by atoms with E-state index >= 15 is 0 Å². The minimum atomic E-state index is -0.640. The van der Waals surface area contributed by atoms with Gasteiger partial charge in [0, 0.05) is 56.6 Å². The van der Waals surface area contributed by atoms with E-state index in [-0.39, 0.29) is 18.2 Å². The number of fused-ring (bicyclic) bond motifs is 2. The number of hydrogen-bond acceptors (Lipinski definition) is 13. The van der Waals surface area contributed by atoms with Crippen LogP contribution in [0, 0.1) is 0 Å². The number of ether oxygens (including phenoxy) is 6. The summed E-state index contributed by atoms with van der Waals surface area (Å²) in [6, 6.07) is 23.8. The lowest BCUT2D eigenvalue weighted by atomic mass is 10.0. The SMILES string of the molecule is CN(C)c1ccc(-c2ccc(-c3nc4ccc(CCCOCCOCCOCCOCCOCCOc5ccc6c(c5)CN(C5CCC(=O)NC5=O)C6=O)cc4s3)cc2)cn1. The van der Waals surface area contributed by atoms with E-state index in [1.54, 1.807) is 23.5 Å². The van der Waals surface area contributed by atoms with Gasteiger partial charge in [0.2, 0.25) is 11.8 Å². The summed E-state index contributed by atoms with van der Waals surface area (Å²) < 4.78 is 35.2. The number of nitrogens with one attached hydrogen (secondary N) is 1. The first-order chi connectivity index (χ1) is 29.8. The van der Waals surface area contributed by atoms with Gasteiger partial charge in [-0.1, -0.05) is 30.3 Å². The predicted octanol–water partition coefficient (Wildman–Crippen LogP) is 5.95. The Kier molecular flexibility index (Phi) is 15.8. The molecule has 15 heteroatoms. The van der Waals surface area contributed by atoms with Crippen molar-refractivity contribution in [1.82, 2.24) is 20.2 Å². The highest BCUT2D eigenvalue weighted by atomic mass is 32.1. The van der Waals surface area contributed by atoms with Crippen molar-refractivity contribution in [3.05, 3.63) is 95.7 Å². The Bertz CT molecular complexity index is 2230. The first-order valence-electron chi connectivity index (χ1n) is 20.7. The minimum Gasteiger partial charge on any atom is -0.491 e. The van der Waals surface area contributed by atoms with E-state index in [9.17, 15) is 14.4 Å². The highest BCUT2D eigenvalue weighted by Gasteiger charge is 2.39. The highest BCUT2D eigenvalue weighted by molar-refractivity contribution is 7.21. The van der Waals surface area contributed by atoms with Crippen LogP contribution >= 0.6 is 11.3 Å². The zero-order chi connectivity index (χ0) is 42.4. The molecular formula is C46H53N5O9S. The van der Waals surface area contributed by atoms with E-state index < -0.39 is 11.9 Å². The third-order valence-corrected chi connectivity index (χ3v) is 11.4. The number of thiazole rings is 1. The van der Waals surface area contributed by atoms with Gasteiger partial charge in [0.25, 0.3) is 5.91 Å². The lowest BCUT2D eigenvalue weighted by Gasteiger charge is -2.29. The van der Waals surface area contributed by atoms with Crippen molar-refractivity contribution in [1.29, 1.82) is 0 Å². The average Bonchev–Trinajstić information content (AvgIpc) is 3.84. The summed E-state index contributed by atoms with van der Waals surface area (Å²) in [5.41, 5.74) is 6.97. The lowest BCUT2D eigenvalue weighted by Crippen LogP contribution is -2.52. The molecule has 3 aromatic carbocycles. The number of pyridine rings is 1. The molecule has 0 saturated carbocycles. The molecule has 2 aliphatic rings. The molecule has 14 nitrogen and oxygen atoms in total. The fourth-order valence-corrected chi connectivity index (χ4v) is 8.13. The van der Waals surface area contributed by atoms with Gasteiger partial charge in [0.1, 0.15) is 29.2 Å². The van der Waals surface area contributed by atoms with Crippen molar-refractivity contribution in [2.24, 2.45) is 0 Å². The normalized spacial score (nSPS) is 15.1. The molecule has 4 heterocycles. The van der Waals surface area contributed by atoms with E-state index in [4.69, 9.17) is 33.4 Å². The van der Waals surface area contributed by atoms with E-state index in [0.29, 0.717) is 97.0 Å². The quantitative estimate of drug-likeness (QED) is 0.0578. The molecule has 7 rings (SSSR count). The van der Waals surface area contributed by atoms with Crippen molar-refractivity contribution < 1.29 is 42.8 Å². The summed E-state index contributed by atoms with van der Waals surface area (Å²) >= 11 is 1.72. The van der Waals surface area contributed by atoms with Crippen LogP contribution < -0.4 is 15.0 Å². The first kappa shape index (κ1) is 43.8. The molecule has 0 spiro atoms. The molecule has 0 aliphatic carbocycles. The minimum absolute atomic E-state index is 0.209. The Morgan fingerprint density at radius 1 is 0.738 bits per heavy atom. The molecule has 3 amide bonds. The monoisotopic (exact) mass is 851 g/mol. The Hall–Kier alpha value is -5.29. The Labute approximate surface area is 360 Å². The fraction of sp³-hybridized carbons (Fsp3) is 0.413. The maximum absolute atomic E-state index is 12.9. The van der Waals surface area contributed by atoms with Crippen molar-refractivity contribution in [2.75, 3.05) is 91.7 Å². The van der Waals surface area contributed by atoms with Crippen molar-refractivity contribution in [3.63, 3.8) is 0 Å². The lowest BCUT2D eigenvalue weighted by molar-refractivity contribution is -0.136. The predicted molar refractivity (Wildman–Crippen MR) is 233 cm³/mol. The number of hydrogen-bond donors (Lipinski definition) is 1. The van der Waals surface area contributed by atoms with Crippen LogP contribution in [0.1, 0.15) is 40.7 Å². The van der Waals surface area contributed by atoms with Crippen LogP contribution in [0.4, 0.5) is 5.82 Å². The summed E-state index contributed by atoms with van der Waals surface area (Å²) in [7, 11) is 3.98. The van der Waals surface area contributed by atoms with Crippen LogP contribution in [0.15, 0.2) is 79.0 Å². The maximum atomic E-state index is 12.9. The molecular weight excluding hydrogens is 799 g/mol. The number of benzene rings is 3. The van der Waals surface area contributed by atoms with Crippen LogP contribution in [0.5, 0.6) is 5.75 Å². The third-order valence-electron chi connectivity index (χ3n) is 10.4. The molecule has 2 aliphatic heterocycles. The molecule has 2 aromatic heterocycles. The van der Waals surface area contributed by atoms with Gasteiger partial charge in [0.05, 0.1) is 69.7 Å². The number of carbonyl (C=O) groups is 3. The number of amides is 3. The van der Waals surface area contributed by atoms with Crippen LogP contribution in [-0.4, -0.2) is 125 Å². The number of rotatable bonds is 24. The smallest absolute Gasteiger partial charge is 0.255 e. The Morgan fingerprint density at radius 2 is 1.39 bits per heavy atom. The number of anilines is 1. The molecule has 1 unspecified atom stereocenters.